The molecule has 0 spiro atoms. The molecule has 0 unspecified atom stereocenters. The Labute approximate surface area is 141 Å². The molecule has 8 heteroatoms. The van der Waals surface area contributed by atoms with Crippen molar-refractivity contribution in [1.29, 1.82) is 0 Å². The molecule has 1 saturated heterocycles. The summed E-state index contributed by atoms with van der Waals surface area (Å²) in [6, 6.07) is 4.28. The highest BCUT2D eigenvalue weighted by Crippen LogP contribution is 2.18. The first-order valence-electron chi connectivity index (χ1n) is 7.86. The number of aromatic amines is 1. The van der Waals surface area contributed by atoms with Crippen molar-refractivity contribution in [2.24, 2.45) is 5.92 Å². The van der Waals surface area contributed by atoms with Gasteiger partial charge in [0.15, 0.2) is 5.03 Å². The molecule has 3 rings (SSSR count). The van der Waals surface area contributed by atoms with E-state index in [9.17, 15) is 8.42 Å². The highest BCUT2D eigenvalue weighted by molar-refractivity contribution is 7.89. The van der Waals surface area contributed by atoms with Crippen molar-refractivity contribution in [3.05, 3.63) is 34.9 Å². The van der Waals surface area contributed by atoms with Crippen LogP contribution in [0, 0.1) is 5.92 Å². The van der Waals surface area contributed by atoms with Crippen molar-refractivity contribution >= 4 is 21.4 Å². The topological polar surface area (TPSA) is 78.1 Å². The van der Waals surface area contributed by atoms with E-state index in [1.165, 1.54) is 17.4 Å². The average molecular weight is 355 g/mol. The minimum atomic E-state index is -3.45. The lowest BCUT2D eigenvalue weighted by atomic mass is 9.97. The molecule has 1 aliphatic rings. The highest BCUT2D eigenvalue weighted by Gasteiger charge is 2.22. The van der Waals surface area contributed by atoms with Gasteiger partial charge in [-0.25, -0.2) is 18.1 Å². The van der Waals surface area contributed by atoms with Crippen molar-refractivity contribution in [1.82, 2.24) is 19.6 Å². The number of sulfonamides is 1. The normalized spacial score (nSPS) is 17.6. The smallest absolute Gasteiger partial charge is 0.257 e. The van der Waals surface area contributed by atoms with Crippen molar-refractivity contribution in [3.8, 4) is 0 Å². The van der Waals surface area contributed by atoms with Gasteiger partial charge in [0, 0.05) is 18.0 Å². The van der Waals surface area contributed by atoms with Gasteiger partial charge in [-0.05, 0) is 49.7 Å². The molecule has 1 aliphatic heterocycles. The molecular formula is C15H22N4O2S2. The maximum atomic E-state index is 12.0. The van der Waals surface area contributed by atoms with Crippen LogP contribution in [-0.2, 0) is 16.4 Å². The summed E-state index contributed by atoms with van der Waals surface area (Å²) >= 11 is 1.81. The number of hydrogen-bond acceptors (Lipinski definition) is 5. The summed E-state index contributed by atoms with van der Waals surface area (Å²) in [5, 5.41) is 2.25. The first kappa shape index (κ1) is 16.6. The molecule has 2 aromatic rings. The quantitative estimate of drug-likeness (QED) is 0.793. The summed E-state index contributed by atoms with van der Waals surface area (Å²) in [7, 11) is -3.45. The number of H-pyrrole nitrogens is 1. The first-order chi connectivity index (χ1) is 11.1. The summed E-state index contributed by atoms with van der Waals surface area (Å²) in [5.74, 6) is 0.408. The fraction of sp³-hybridized carbons (Fsp3) is 0.533. The van der Waals surface area contributed by atoms with Crippen molar-refractivity contribution < 1.29 is 8.42 Å². The van der Waals surface area contributed by atoms with Gasteiger partial charge in [-0.15, -0.1) is 11.3 Å². The van der Waals surface area contributed by atoms with Gasteiger partial charge in [0.05, 0.1) is 12.5 Å². The van der Waals surface area contributed by atoms with Gasteiger partial charge in [0.2, 0.25) is 0 Å². The Morgan fingerprint density at radius 1 is 1.39 bits per heavy atom. The molecule has 2 N–H and O–H groups in total. The zero-order chi connectivity index (χ0) is 16.1. The second-order valence-electron chi connectivity index (χ2n) is 5.88. The summed E-state index contributed by atoms with van der Waals surface area (Å²) in [6.07, 6.45) is 5.89. The van der Waals surface area contributed by atoms with E-state index in [1.54, 1.807) is 0 Å². The molecule has 0 bridgehead atoms. The molecule has 6 nitrogen and oxygen atoms in total. The van der Waals surface area contributed by atoms with Gasteiger partial charge >= 0.3 is 0 Å². The summed E-state index contributed by atoms with van der Waals surface area (Å²) in [4.78, 5) is 10.3. The van der Waals surface area contributed by atoms with Gasteiger partial charge in [-0.3, -0.25) is 0 Å². The average Bonchev–Trinajstić information content (AvgIpc) is 3.25. The van der Waals surface area contributed by atoms with Crippen LogP contribution in [0.2, 0.25) is 0 Å². The van der Waals surface area contributed by atoms with Crippen LogP contribution in [0.15, 0.2) is 35.1 Å². The van der Waals surface area contributed by atoms with Gasteiger partial charge in [0.1, 0.15) is 0 Å². The second-order valence-corrected chi connectivity index (χ2v) is 8.65. The maximum Gasteiger partial charge on any atom is 0.257 e. The number of nitrogens with zero attached hydrogens (tertiary/aromatic N) is 2. The van der Waals surface area contributed by atoms with Gasteiger partial charge in [-0.2, -0.15) is 0 Å². The van der Waals surface area contributed by atoms with Crippen LogP contribution < -0.4 is 4.72 Å². The Balaban J connectivity index is 1.39. The standard InChI is InChI=1S/C15H22N4O2S2/c20-23(21,15-11-16-12-17-15)18-10-13-3-6-19(7-4-13)8-5-14-2-1-9-22-14/h1-2,9,11-13,18H,3-8,10H2,(H,16,17). The third-order valence-corrected chi connectivity index (χ3v) is 6.57. The molecule has 0 radical (unpaired) electrons. The van der Waals surface area contributed by atoms with E-state index in [0.29, 0.717) is 12.5 Å². The predicted molar refractivity (Wildman–Crippen MR) is 91.0 cm³/mol. The molecule has 2 aromatic heterocycles. The van der Waals surface area contributed by atoms with Crippen LogP contribution >= 0.6 is 11.3 Å². The summed E-state index contributed by atoms with van der Waals surface area (Å²) in [6.45, 7) is 3.68. The van der Waals surface area contributed by atoms with E-state index in [0.717, 1.165) is 38.9 Å². The molecule has 0 saturated carbocycles. The van der Waals surface area contributed by atoms with Crippen molar-refractivity contribution in [3.63, 3.8) is 0 Å². The predicted octanol–water partition coefficient (Wildman–Crippen LogP) is 1.70. The van der Waals surface area contributed by atoms with E-state index < -0.39 is 10.0 Å². The SMILES string of the molecule is O=S(=O)(NCC1CCN(CCc2cccs2)CC1)c1cnc[nH]1. The number of rotatable bonds is 7. The Morgan fingerprint density at radius 2 is 2.22 bits per heavy atom. The summed E-state index contributed by atoms with van der Waals surface area (Å²) < 4.78 is 26.8. The van der Waals surface area contributed by atoms with Gasteiger partial charge in [-0.1, -0.05) is 6.07 Å². The van der Waals surface area contributed by atoms with E-state index in [1.807, 2.05) is 11.3 Å². The van der Waals surface area contributed by atoms with E-state index in [2.05, 4.69) is 37.1 Å². The minimum absolute atomic E-state index is 0.130. The fourth-order valence-corrected chi connectivity index (χ4v) is 4.55. The number of hydrogen-bond donors (Lipinski definition) is 2. The Bertz CT molecular complexity index is 675. The van der Waals surface area contributed by atoms with Crippen LogP contribution in [-0.4, -0.2) is 49.5 Å². The van der Waals surface area contributed by atoms with Gasteiger partial charge < -0.3 is 9.88 Å². The Kier molecular flexibility index (Phi) is 5.47. The van der Waals surface area contributed by atoms with Gasteiger partial charge in [0.25, 0.3) is 10.0 Å². The van der Waals surface area contributed by atoms with Crippen molar-refractivity contribution in [2.75, 3.05) is 26.2 Å². The first-order valence-corrected chi connectivity index (χ1v) is 10.2. The van der Waals surface area contributed by atoms with Crippen LogP contribution in [0.1, 0.15) is 17.7 Å². The third-order valence-electron chi connectivity index (χ3n) is 4.29. The lowest BCUT2D eigenvalue weighted by Gasteiger charge is -2.31. The largest absolute Gasteiger partial charge is 0.335 e. The van der Waals surface area contributed by atoms with E-state index in [4.69, 9.17) is 0 Å². The molecule has 1 fully saturated rings. The number of piperidine rings is 1. The van der Waals surface area contributed by atoms with E-state index in [-0.39, 0.29) is 5.03 Å². The Hall–Kier alpha value is -1.22. The minimum Gasteiger partial charge on any atom is -0.335 e. The van der Waals surface area contributed by atoms with Crippen LogP contribution in [0.3, 0.4) is 0 Å². The Morgan fingerprint density at radius 3 is 2.87 bits per heavy atom. The second kappa shape index (κ2) is 7.57. The molecule has 0 atom stereocenters. The lowest BCUT2D eigenvalue weighted by Crippen LogP contribution is -2.39. The number of likely N-dealkylation sites (tertiary alicyclic amines) is 1. The molecule has 23 heavy (non-hydrogen) atoms. The lowest BCUT2D eigenvalue weighted by molar-refractivity contribution is 0.187. The number of aromatic nitrogens is 2. The zero-order valence-corrected chi connectivity index (χ0v) is 14.6. The van der Waals surface area contributed by atoms with Crippen LogP contribution in [0.5, 0.6) is 0 Å². The van der Waals surface area contributed by atoms with Crippen molar-refractivity contribution in [2.45, 2.75) is 24.3 Å². The number of imidazole rings is 1. The highest BCUT2D eigenvalue weighted by atomic mass is 32.2. The molecular weight excluding hydrogens is 332 g/mol. The molecule has 0 aromatic carbocycles. The molecule has 3 heterocycles. The molecule has 0 amide bonds. The fourth-order valence-electron chi connectivity index (χ4n) is 2.83. The van der Waals surface area contributed by atoms with Crippen LogP contribution in [0.25, 0.3) is 0 Å². The molecule has 126 valence electrons. The number of nitrogens with one attached hydrogen (secondary N) is 2. The number of thiophene rings is 1. The summed E-state index contributed by atoms with van der Waals surface area (Å²) in [5.41, 5.74) is 0. The van der Waals surface area contributed by atoms with E-state index >= 15 is 0 Å². The van der Waals surface area contributed by atoms with Crippen LogP contribution in [0.4, 0.5) is 0 Å². The zero-order valence-electron chi connectivity index (χ0n) is 12.9. The maximum absolute atomic E-state index is 12.0. The third kappa shape index (κ3) is 4.63. The monoisotopic (exact) mass is 354 g/mol. The molecule has 0 aliphatic carbocycles.